The van der Waals surface area contributed by atoms with E-state index in [1.165, 1.54) is 0 Å². The van der Waals surface area contributed by atoms with Gasteiger partial charge in [-0.2, -0.15) is 0 Å². The highest BCUT2D eigenvalue weighted by molar-refractivity contribution is 5.95. The minimum absolute atomic E-state index is 0.00628. The minimum atomic E-state index is -0.941. The van der Waals surface area contributed by atoms with Crippen LogP contribution < -0.4 is 10.1 Å². The summed E-state index contributed by atoms with van der Waals surface area (Å²) >= 11 is 0. The smallest absolute Gasteiger partial charge is 0.307 e. The standard InChI is InChI=1S/C12H13NO4/c1-17-9-3-2-7-4-8(12(15)16)5-11(14)13-10(7)6-9/h2-3,6,8H,4-5H2,1H3,(H,13,14)(H,15,16). The number of amides is 1. The monoisotopic (exact) mass is 235 g/mol. The summed E-state index contributed by atoms with van der Waals surface area (Å²) in [6, 6.07) is 5.25. The van der Waals surface area contributed by atoms with Gasteiger partial charge in [-0.05, 0) is 18.1 Å². The summed E-state index contributed by atoms with van der Waals surface area (Å²) in [5, 5.41) is 11.7. The van der Waals surface area contributed by atoms with Crippen molar-refractivity contribution in [3.63, 3.8) is 0 Å². The molecule has 0 aliphatic carbocycles. The molecule has 5 heteroatoms. The lowest BCUT2D eigenvalue weighted by Crippen LogP contribution is -2.20. The molecular formula is C12H13NO4. The number of carboxylic acids is 1. The van der Waals surface area contributed by atoms with E-state index in [2.05, 4.69) is 5.32 Å². The molecule has 0 bridgehead atoms. The first-order valence-corrected chi connectivity index (χ1v) is 5.29. The summed E-state index contributed by atoms with van der Waals surface area (Å²) in [6.45, 7) is 0. The average Bonchev–Trinajstić information content (AvgIpc) is 2.45. The van der Waals surface area contributed by atoms with Crippen LogP contribution in [-0.4, -0.2) is 24.1 Å². The summed E-state index contributed by atoms with van der Waals surface area (Å²) in [5.41, 5.74) is 1.46. The van der Waals surface area contributed by atoms with Gasteiger partial charge in [0, 0.05) is 18.2 Å². The molecule has 2 N–H and O–H groups in total. The van der Waals surface area contributed by atoms with E-state index in [0.29, 0.717) is 17.9 Å². The predicted octanol–water partition coefficient (Wildman–Crippen LogP) is 1.28. The van der Waals surface area contributed by atoms with Crippen molar-refractivity contribution in [2.45, 2.75) is 12.8 Å². The van der Waals surface area contributed by atoms with Crippen molar-refractivity contribution in [1.82, 2.24) is 0 Å². The third-order valence-electron chi connectivity index (χ3n) is 2.84. The first-order chi connectivity index (χ1) is 8.10. The van der Waals surface area contributed by atoms with Crippen LogP contribution in [-0.2, 0) is 16.0 Å². The summed E-state index contributed by atoms with van der Waals surface area (Å²) in [6.07, 6.45) is 0.361. The van der Waals surface area contributed by atoms with Crippen LogP contribution in [0, 0.1) is 5.92 Å². The van der Waals surface area contributed by atoms with Gasteiger partial charge in [0.2, 0.25) is 5.91 Å². The van der Waals surface area contributed by atoms with E-state index in [0.717, 1.165) is 5.56 Å². The van der Waals surface area contributed by atoms with Crippen LogP contribution in [0.25, 0.3) is 0 Å². The number of fused-ring (bicyclic) bond motifs is 1. The Hall–Kier alpha value is -2.04. The lowest BCUT2D eigenvalue weighted by Gasteiger charge is -2.09. The number of carbonyl (C=O) groups is 2. The lowest BCUT2D eigenvalue weighted by molar-refractivity contribution is -0.143. The number of methoxy groups -OCH3 is 1. The number of ether oxygens (including phenoxy) is 1. The van der Waals surface area contributed by atoms with Gasteiger partial charge >= 0.3 is 5.97 Å². The van der Waals surface area contributed by atoms with E-state index < -0.39 is 11.9 Å². The fourth-order valence-electron chi connectivity index (χ4n) is 1.91. The largest absolute Gasteiger partial charge is 0.497 e. The van der Waals surface area contributed by atoms with E-state index in [-0.39, 0.29) is 12.3 Å². The Morgan fingerprint density at radius 3 is 2.88 bits per heavy atom. The van der Waals surface area contributed by atoms with Gasteiger partial charge in [0.15, 0.2) is 0 Å². The van der Waals surface area contributed by atoms with Crippen LogP contribution in [0.1, 0.15) is 12.0 Å². The molecule has 1 atom stereocenters. The molecular weight excluding hydrogens is 222 g/mol. The van der Waals surface area contributed by atoms with E-state index >= 15 is 0 Å². The quantitative estimate of drug-likeness (QED) is 0.809. The van der Waals surface area contributed by atoms with Gasteiger partial charge in [0.05, 0.1) is 13.0 Å². The Balaban J connectivity index is 2.37. The van der Waals surface area contributed by atoms with E-state index in [1.807, 2.05) is 0 Å². The number of anilines is 1. The summed E-state index contributed by atoms with van der Waals surface area (Å²) in [7, 11) is 1.54. The molecule has 1 aliphatic rings. The molecule has 1 amide bonds. The predicted molar refractivity (Wildman–Crippen MR) is 61.1 cm³/mol. The number of carboxylic acid groups (broad SMARTS) is 1. The highest BCUT2D eigenvalue weighted by Crippen LogP contribution is 2.28. The molecule has 0 saturated carbocycles. The van der Waals surface area contributed by atoms with Gasteiger partial charge in [0.1, 0.15) is 5.75 Å². The van der Waals surface area contributed by atoms with Crippen molar-refractivity contribution >= 4 is 17.6 Å². The van der Waals surface area contributed by atoms with E-state index in [9.17, 15) is 9.59 Å². The fourth-order valence-corrected chi connectivity index (χ4v) is 1.91. The topological polar surface area (TPSA) is 75.6 Å². The number of aliphatic carboxylic acids is 1. The Morgan fingerprint density at radius 2 is 2.24 bits per heavy atom. The molecule has 0 spiro atoms. The molecule has 90 valence electrons. The maximum absolute atomic E-state index is 11.5. The maximum atomic E-state index is 11.5. The second kappa shape index (κ2) is 4.45. The third-order valence-corrected chi connectivity index (χ3v) is 2.84. The molecule has 2 rings (SSSR count). The molecule has 0 fully saturated rings. The Kier molecular flexibility index (Phi) is 2.99. The van der Waals surface area contributed by atoms with Crippen molar-refractivity contribution in [2.24, 2.45) is 5.92 Å². The molecule has 0 aromatic heterocycles. The zero-order chi connectivity index (χ0) is 12.4. The highest BCUT2D eigenvalue weighted by atomic mass is 16.5. The minimum Gasteiger partial charge on any atom is -0.497 e. The molecule has 0 saturated heterocycles. The number of nitrogens with one attached hydrogen (secondary N) is 1. The molecule has 1 aliphatic heterocycles. The van der Waals surface area contributed by atoms with Gasteiger partial charge in [-0.25, -0.2) is 0 Å². The van der Waals surface area contributed by atoms with Crippen molar-refractivity contribution < 1.29 is 19.4 Å². The normalized spacial score (nSPS) is 18.9. The molecule has 0 radical (unpaired) electrons. The maximum Gasteiger partial charge on any atom is 0.307 e. The van der Waals surface area contributed by atoms with Crippen molar-refractivity contribution in [3.8, 4) is 5.75 Å². The number of rotatable bonds is 2. The first kappa shape index (κ1) is 11.4. The van der Waals surface area contributed by atoms with Gasteiger partial charge in [0.25, 0.3) is 0 Å². The lowest BCUT2D eigenvalue weighted by atomic mass is 9.97. The molecule has 5 nitrogen and oxygen atoms in total. The third kappa shape index (κ3) is 2.38. The summed E-state index contributed by atoms with van der Waals surface area (Å²) in [5.74, 6) is -1.24. The van der Waals surface area contributed by atoms with Gasteiger partial charge in [-0.1, -0.05) is 6.07 Å². The van der Waals surface area contributed by atoms with Crippen LogP contribution in [0.5, 0.6) is 5.75 Å². The zero-order valence-electron chi connectivity index (χ0n) is 9.40. The zero-order valence-corrected chi connectivity index (χ0v) is 9.40. The fraction of sp³-hybridized carbons (Fsp3) is 0.333. The Labute approximate surface area is 98.4 Å². The van der Waals surface area contributed by atoms with Crippen molar-refractivity contribution in [1.29, 1.82) is 0 Å². The van der Waals surface area contributed by atoms with E-state index in [1.54, 1.807) is 25.3 Å². The summed E-state index contributed by atoms with van der Waals surface area (Å²) in [4.78, 5) is 22.5. The molecule has 1 heterocycles. The van der Waals surface area contributed by atoms with Crippen LogP contribution in [0.3, 0.4) is 0 Å². The number of hydrogen-bond acceptors (Lipinski definition) is 3. The molecule has 17 heavy (non-hydrogen) atoms. The average molecular weight is 235 g/mol. The van der Waals surface area contributed by atoms with E-state index in [4.69, 9.17) is 9.84 Å². The van der Waals surface area contributed by atoms with Crippen molar-refractivity contribution in [2.75, 3.05) is 12.4 Å². The van der Waals surface area contributed by atoms with Gasteiger partial charge in [-0.3, -0.25) is 9.59 Å². The molecule has 1 aromatic carbocycles. The van der Waals surface area contributed by atoms with Crippen molar-refractivity contribution in [3.05, 3.63) is 23.8 Å². The van der Waals surface area contributed by atoms with Crippen LogP contribution in [0.4, 0.5) is 5.69 Å². The van der Waals surface area contributed by atoms with Crippen LogP contribution in [0.15, 0.2) is 18.2 Å². The van der Waals surface area contributed by atoms with Crippen LogP contribution >= 0.6 is 0 Å². The Bertz CT molecular complexity index is 470. The molecule has 1 unspecified atom stereocenters. The number of hydrogen-bond donors (Lipinski definition) is 2. The molecule has 1 aromatic rings. The van der Waals surface area contributed by atoms with Crippen LogP contribution in [0.2, 0.25) is 0 Å². The number of benzene rings is 1. The summed E-state index contributed by atoms with van der Waals surface area (Å²) < 4.78 is 5.06. The second-order valence-corrected chi connectivity index (χ2v) is 4.01. The number of carbonyl (C=O) groups excluding carboxylic acids is 1. The second-order valence-electron chi connectivity index (χ2n) is 4.01. The SMILES string of the molecule is COc1ccc2c(c1)NC(=O)CC(C(=O)O)C2. The van der Waals surface area contributed by atoms with Gasteiger partial charge < -0.3 is 15.2 Å². The van der Waals surface area contributed by atoms with Gasteiger partial charge in [-0.15, -0.1) is 0 Å². The first-order valence-electron chi connectivity index (χ1n) is 5.29. The highest BCUT2D eigenvalue weighted by Gasteiger charge is 2.26. The Morgan fingerprint density at radius 1 is 1.47 bits per heavy atom.